The number of ether oxygens (including phenoxy) is 1. The minimum atomic E-state index is -1.85. The second-order valence-electron chi connectivity index (χ2n) is 7.13. The van der Waals surface area contributed by atoms with Crippen molar-refractivity contribution in [1.82, 2.24) is 9.55 Å². The second kappa shape index (κ2) is 7.10. The van der Waals surface area contributed by atoms with Crippen LogP contribution in [0.15, 0.2) is 21.9 Å². The summed E-state index contributed by atoms with van der Waals surface area (Å²) in [5, 5.41) is 11.3. The van der Waals surface area contributed by atoms with Gasteiger partial charge in [0.1, 0.15) is 5.60 Å². The molecule has 1 aromatic rings. The van der Waals surface area contributed by atoms with Crippen LogP contribution in [0.5, 0.6) is 0 Å². The third-order valence-electron chi connectivity index (χ3n) is 3.88. The number of H-pyrrole nitrogens is 1. The summed E-state index contributed by atoms with van der Waals surface area (Å²) < 4.78 is 29.6. The quantitative estimate of drug-likeness (QED) is 0.561. The molecule has 0 aromatic carbocycles. The molecule has 1 aromatic heterocycles. The van der Waals surface area contributed by atoms with Crippen molar-refractivity contribution in [2.24, 2.45) is 0 Å². The van der Waals surface area contributed by atoms with Crippen molar-refractivity contribution >= 4 is 25.0 Å². The second-order valence-corrected chi connectivity index (χ2v) is 14.0. The molecule has 0 bridgehead atoms. The molecule has 1 saturated heterocycles. The highest BCUT2D eigenvalue weighted by atomic mass is 31.1. The molecular formula is C13H20N2O6P2Si. The lowest BCUT2D eigenvalue weighted by Crippen LogP contribution is -2.50. The van der Waals surface area contributed by atoms with Gasteiger partial charge in [-0.25, -0.2) is 4.79 Å². The lowest BCUT2D eigenvalue weighted by molar-refractivity contribution is -0.0808. The van der Waals surface area contributed by atoms with Crippen LogP contribution in [0.1, 0.15) is 6.23 Å². The molecule has 1 aliphatic rings. The molecular weight excluding hydrogens is 370 g/mol. The van der Waals surface area contributed by atoms with Crippen LogP contribution in [0.2, 0.25) is 25.7 Å². The van der Waals surface area contributed by atoms with Gasteiger partial charge >= 0.3 is 5.69 Å². The molecule has 2 N–H and O–H groups in total. The number of hydrogen-bond acceptors (Lipinski definition) is 6. The Kier molecular flexibility index (Phi) is 5.72. The maximum atomic E-state index is 12.1. The summed E-state index contributed by atoms with van der Waals surface area (Å²) in [7, 11) is -2.38. The summed E-state index contributed by atoms with van der Waals surface area (Å²) in [6.07, 6.45) is -0.528. The molecule has 0 amide bonds. The third kappa shape index (κ3) is 3.81. The first-order valence-electron chi connectivity index (χ1n) is 7.43. The van der Waals surface area contributed by atoms with E-state index < -0.39 is 42.9 Å². The SMILES string of the molecule is C[Si](C)(C)C[C@]1(O)[C@H](P=O)[C@@H](CP=O)O[C@H]1n1ccc(=O)[nH]c1=O. The lowest BCUT2D eigenvalue weighted by Gasteiger charge is -2.36. The van der Waals surface area contributed by atoms with E-state index in [4.69, 9.17) is 4.74 Å². The van der Waals surface area contributed by atoms with Crippen LogP contribution in [0.3, 0.4) is 0 Å². The van der Waals surface area contributed by atoms with Crippen LogP contribution in [0.25, 0.3) is 0 Å². The Morgan fingerprint density at radius 1 is 1.38 bits per heavy atom. The number of rotatable bonds is 6. The fourth-order valence-corrected chi connectivity index (χ4v) is 6.75. The largest absolute Gasteiger partial charge is 0.384 e. The average Bonchev–Trinajstić information content (AvgIpc) is 2.69. The Labute approximate surface area is 142 Å². The van der Waals surface area contributed by atoms with Crippen molar-refractivity contribution in [3.8, 4) is 0 Å². The predicted molar refractivity (Wildman–Crippen MR) is 92.2 cm³/mol. The summed E-state index contributed by atoms with van der Waals surface area (Å²) in [6.45, 7) is 6.11. The van der Waals surface area contributed by atoms with Crippen molar-refractivity contribution in [3.05, 3.63) is 33.1 Å². The van der Waals surface area contributed by atoms with Crippen LogP contribution in [-0.4, -0.2) is 46.3 Å². The molecule has 1 aliphatic heterocycles. The minimum absolute atomic E-state index is 0.0581. The number of nitrogens with one attached hydrogen (secondary N) is 1. The maximum absolute atomic E-state index is 12.1. The normalized spacial score (nSPS) is 30.9. The molecule has 24 heavy (non-hydrogen) atoms. The topological polar surface area (TPSA) is 118 Å². The van der Waals surface area contributed by atoms with E-state index in [-0.39, 0.29) is 23.1 Å². The van der Waals surface area contributed by atoms with Gasteiger partial charge in [0, 0.05) is 20.3 Å². The monoisotopic (exact) mass is 390 g/mol. The van der Waals surface area contributed by atoms with Crippen LogP contribution < -0.4 is 11.2 Å². The smallest absolute Gasteiger partial charge is 0.330 e. The van der Waals surface area contributed by atoms with Crippen LogP contribution >= 0.6 is 16.9 Å². The van der Waals surface area contributed by atoms with Gasteiger partial charge in [-0.15, -0.1) is 0 Å². The number of hydrogen-bond donors (Lipinski definition) is 2. The summed E-state index contributed by atoms with van der Waals surface area (Å²) in [4.78, 5) is 25.5. The summed E-state index contributed by atoms with van der Waals surface area (Å²) >= 11 is 0. The molecule has 0 saturated carbocycles. The molecule has 1 fully saturated rings. The minimum Gasteiger partial charge on any atom is -0.384 e. The third-order valence-corrected chi connectivity index (χ3v) is 7.02. The van der Waals surface area contributed by atoms with Crippen molar-refractivity contribution < 1.29 is 19.0 Å². The molecule has 132 valence electrons. The summed E-state index contributed by atoms with van der Waals surface area (Å²) in [5.41, 5.74) is -3.65. The van der Waals surface area contributed by atoms with Gasteiger partial charge in [0.05, 0.1) is 17.9 Å². The maximum Gasteiger partial charge on any atom is 0.330 e. The highest BCUT2D eigenvalue weighted by Crippen LogP contribution is 2.48. The number of nitrogens with zero attached hydrogens (tertiary/aromatic N) is 1. The first kappa shape index (κ1) is 19.3. The van der Waals surface area contributed by atoms with Crippen LogP contribution in [0.4, 0.5) is 0 Å². The summed E-state index contributed by atoms with van der Waals surface area (Å²) in [5.74, 6) is 0. The van der Waals surface area contributed by atoms with Gasteiger partial charge < -0.3 is 9.84 Å². The fourth-order valence-electron chi connectivity index (χ4n) is 3.16. The van der Waals surface area contributed by atoms with Gasteiger partial charge in [0.15, 0.2) is 23.1 Å². The van der Waals surface area contributed by atoms with Gasteiger partial charge in [0.2, 0.25) is 0 Å². The van der Waals surface area contributed by atoms with E-state index in [0.29, 0.717) is 6.04 Å². The first-order chi connectivity index (χ1) is 11.1. The fraction of sp³-hybridized carbons (Fsp3) is 0.692. The number of aliphatic hydroxyl groups is 1. The van der Waals surface area contributed by atoms with E-state index in [1.165, 1.54) is 6.20 Å². The lowest BCUT2D eigenvalue weighted by atomic mass is 9.99. The molecule has 0 radical (unpaired) electrons. The van der Waals surface area contributed by atoms with E-state index in [2.05, 4.69) is 4.98 Å². The Morgan fingerprint density at radius 3 is 2.54 bits per heavy atom. The van der Waals surface area contributed by atoms with Gasteiger partial charge in [-0.3, -0.25) is 23.5 Å². The van der Waals surface area contributed by atoms with Crippen molar-refractivity contribution in [3.63, 3.8) is 0 Å². The van der Waals surface area contributed by atoms with E-state index in [9.17, 15) is 23.8 Å². The molecule has 0 aliphatic carbocycles. The highest BCUT2D eigenvalue weighted by Gasteiger charge is 2.58. The number of aromatic amines is 1. The zero-order valence-corrected chi connectivity index (χ0v) is 16.4. The van der Waals surface area contributed by atoms with Crippen molar-refractivity contribution in [2.75, 3.05) is 6.16 Å². The molecule has 11 heteroatoms. The van der Waals surface area contributed by atoms with Crippen LogP contribution in [-0.2, 0) is 13.9 Å². The average molecular weight is 390 g/mol. The van der Waals surface area contributed by atoms with Crippen LogP contribution in [0, 0.1) is 0 Å². The number of aromatic nitrogens is 2. The molecule has 0 unspecified atom stereocenters. The Bertz CT molecular complexity index is 745. The van der Waals surface area contributed by atoms with Crippen molar-refractivity contribution in [2.45, 2.75) is 49.3 Å². The molecule has 4 atom stereocenters. The van der Waals surface area contributed by atoms with E-state index in [0.717, 1.165) is 10.6 Å². The Hall–Kier alpha value is -0.983. The Morgan fingerprint density at radius 2 is 2.04 bits per heavy atom. The molecule has 2 rings (SSSR count). The summed E-state index contributed by atoms with van der Waals surface area (Å²) in [6, 6.07) is 1.49. The van der Waals surface area contributed by atoms with Gasteiger partial charge in [-0.2, -0.15) is 0 Å². The molecule has 2 heterocycles. The first-order valence-corrected chi connectivity index (χ1v) is 13.0. The predicted octanol–water partition coefficient (Wildman–Crippen LogP) is 1.46. The van der Waals surface area contributed by atoms with Crippen molar-refractivity contribution in [1.29, 1.82) is 0 Å². The van der Waals surface area contributed by atoms with E-state index in [1.807, 2.05) is 19.6 Å². The molecule has 0 spiro atoms. The van der Waals surface area contributed by atoms with Gasteiger partial charge in [-0.1, -0.05) is 19.6 Å². The highest BCUT2D eigenvalue weighted by molar-refractivity contribution is 7.26. The van der Waals surface area contributed by atoms with Gasteiger partial charge in [0.25, 0.3) is 5.56 Å². The standard InChI is InChI=1S/C13H20N2O6P2Si/c1-24(2,3)7-13(18)10(23-20)8(6-22-19)21-11(13)15-5-4-9(16)14-12(15)17/h4-5,8,10-11,18H,6-7H2,1-3H3,(H,14,16,17)/t8-,10-,11-,13+/m1/s1. The zero-order chi connectivity index (χ0) is 18.1. The van der Waals surface area contributed by atoms with E-state index >= 15 is 0 Å². The van der Waals surface area contributed by atoms with Gasteiger partial charge in [-0.05, 0) is 6.04 Å². The zero-order valence-electron chi connectivity index (χ0n) is 13.6. The Balaban J connectivity index is 2.57. The molecule has 8 nitrogen and oxygen atoms in total. The van der Waals surface area contributed by atoms with E-state index in [1.54, 1.807) is 0 Å².